The van der Waals surface area contributed by atoms with E-state index in [1.54, 1.807) is 24.3 Å². The third-order valence-electron chi connectivity index (χ3n) is 5.88. The summed E-state index contributed by atoms with van der Waals surface area (Å²) in [4.78, 5) is 15.0. The van der Waals surface area contributed by atoms with Crippen molar-refractivity contribution in [1.82, 2.24) is 14.5 Å². The monoisotopic (exact) mass is 407 g/mol. The zero-order valence-corrected chi connectivity index (χ0v) is 17.5. The fourth-order valence-electron chi connectivity index (χ4n) is 4.30. The van der Waals surface area contributed by atoms with Crippen LogP contribution in [0.2, 0.25) is 0 Å². The smallest absolute Gasteiger partial charge is 0.243 e. The van der Waals surface area contributed by atoms with E-state index in [2.05, 4.69) is 10.2 Å². The molecule has 3 rings (SSSR count). The molecule has 0 atom stereocenters. The topological polar surface area (TPSA) is 69.7 Å². The number of benzene rings is 1. The van der Waals surface area contributed by atoms with E-state index in [4.69, 9.17) is 0 Å². The summed E-state index contributed by atoms with van der Waals surface area (Å²) in [6.07, 6.45) is 8.56. The van der Waals surface area contributed by atoms with Crippen molar-refractivity contribution in [1.29, 1.82) is 0 Å². The van der Waals surface area contributed by atoms with Gasteiger partial charge in [-0.15, -0.1) is 0 Å². The largest absolute Gasteiger partial charge is 0.355 e. The highest BCUT2D eigenvalue weighted by atomic mass is 32.2. The lowest BCUT2D eigenvalue weighted by atomic mass is 10.1. The van der Waals surface area contributed by atoms with Crippen LogP contribution in [0.15, 0.2) is 35.2 Å². The number of sulfonamides is 1. The zero-order valence-electron chi connectivity index (χ0n) is 16.7. The van der Waals surface area contributed by atoms with Gasteiger partial charge in [-0.1, -0.05) is 43.9 Å². The Balaban J connectivity index is 1.72. The van der Waals surface area contributed by atoms with E-state index < -0.39 is 10.0 Å². The van der Waals surface area contributed by atoms with Crippen molar-refractivity contribution in [3.63, 3.8) is 0 Å². The van der Waals surface area contributed by atoms with Crippen molar-refractivity contribution in [2.45, 2.75) is 62.3 Å². The van der Waals surface area contributed by atoms with Crippen molar-refractivity contribution in [3.05, 3.63) is 30.3 Å². The molecule has 1 aliphatic carbocycles. The molecule has 0 spiro atoms. The fourth-order valence-corrected chi connectivity index (χ4v) is 5.80. The molecule has 1 aliphatic heterocycles. The van der Waals surface area contributed by atoms with Crippen LogP contribution in [0.3, 0.4) is 0 Å². The molecular formula is C21H33N3O3S. The van der Waals surface area contributed by atoms with Gasteiger partial charge in [-0.05, 0) is 37.9 Å². The van der Waals surface area contributed by atoms with Gasteiger partial charge in [0, 0.05) is 38.6 Å². The molecule has 6 nitrogen and oxygen atoms in total. The van der Waals surface area contributed by atoms with Gasteiger partial charge in [0.25, 0.3) is 0 Å². The molecule has 0 radical (unpaired) electrons. The SMILES string of the molecule is O=C1CCN(S(=O)(=O)c2ccccc2)CCCN(C2CCCCCC2)CCN1. The Morgan fingerprint density at radius 1 is 0.857 bits per heavy atom. The van der Waals surface area contributed by atoms with Gasteiger partial charge in [-0.2, -0.15) is 4.31 Å². The normalized spacial score (nSPS) is 22.8. The molecular weight excluding hydrogens is 374 g/mol. The van der Waals surface area contributed by atoms with Crippen molar-refractivity contribution in [2.75, 3.05) is 32.7 Å². The summed E-state index contributed by atoms with van der Waals surface area (Å²) in [6.45, 7) is 3.05. The zero-order chi connectivity index (χ0) is 19.8. The molecule has 1 aromatic rings. The maximum Gasteiger partial charge on any atom is 0.243 e. The highest BCUT2D eigenvalue weighted by Gasteiger charge is 2.26. The van der Waals surface area contributed by atoms with E-state index in [1.807, 2.05) is 6.07 Å². The molecule has 2 fully saturated rings. The minimum absolute atomic E-state index is 0.0732. The van der Waals surface area contributed by atoms with Gasteiger partial charge in [0.1, 0.15) is 0 Å². The van der Waals surface area contributed by atoms with Gasteiger partial charge in [-0.3, -0.25) is 9.69 Å². The highest BCUT2D eigenvalue weighted by Crippen LogP contribution is 2.23. The number of nitrogens with one attached hydrogen (secondary N) is 1. The quantitative estimate of drug-likeness (QED) is 0.782. The van der Waals surface area contributed by atoms with Crippen LogP contribution in [0.1, 0.15) is 51.4 Å². The Morgan fingerprint density at radius 3 is 2.29 bits per heavy atom. The van der Waals surface area contributed by atoms with Crippen molar-refractivity contribution >= 4 is 15.9 Å². The van der Waals surface area contributed by atoms with Crippen LogP contribution < -0.4 is 5.32 Å². The van der Waals surface area contributed by atoms with E-state index in [0.29, 0.717) is 24.0 Å². The second-order valence-electron chi connectivity index (χ2n) is 7.85. The minimum atomic E-state index is -3.58. The second-order valence-corrected chi connectivity index (χ2v) is 9.79. The summed E-state index contributed by atoms with van der Waals surface area (Å²) in [5, 5.41) is 2.97. The summed E-state index contributed by atoms with van der Waals surface area (Å²) >= 11 is 0. The molecule has 1 aromatic carbocycles. The van der Waals surface area contributed by atoms with Gasteiger partial charge in [0.15, 0.2) is 0 Å². The molecule has 1 saturated heterocycles. The molecule has 1 saturated carbocycles. The highest BCUT2D eigenvalue weighted by molar-refractivity contribution is 7.89. The van der Waals surface area contributed by atoms with Gasteiger partial charge in [0.2, 0.25) is 15.9 Å². The molecule has 28 heavy (non-hydrogen) atoms. The summed E-state index contributed by atoms with van der Waals surface area (Å²) in [5.41, 5.74) is 0. The van der Waals surface area contributed by atoms with Crippen LogP contribution >= 0.6 is 0 Å². The van der Waals surface area contributed by atoms with E-state index >= 15 is 0 Å². The molecule has 0 bridgehead atoms. The Kier molecular flexibility index (Phi) is 7.88. The first-order valence-electron chi connectivity index (χ1n) is 10.6. The molecule has 1 amide bonds. The van der Waals surface area contributed by atoms with Crippen molar-refractivity contribution in [3.8, 4) is 0 Å². The third kappa shape index (κ3) is 5.78. The average molecular weight is 408 g/mol. The number of hydrogen-bond donors (Lipinski definition) is 1. The second kappa shape index (κ2) is 10.4. The van der Waals surface area contributed by atoms with E-state index in [-0.39, 0.29) is 18.9 Å². The number of amides is 1. The first kappa shape index (κ1) is 21.3. The number of hydrogen-bond acceptors (Lipinski definition) is 4. The molecule has 0 aromatic heterocycles. The summed E-state index contributed by atoms with van der Waals surface area (Å²) in [6, 6.07) is 9.08. The lowest BCUT2D eigenvalue weighted by molar-refractivity contribution is -0.121. The van der Waals surface area contributed by atoms with Crippen LogP contribution in [-0.2, 0) is 14.8 Å². The predicted octanol–water partition coefficient (Wildman–Crippen LogP) is 2.61. The minimum Gasteiger partial charge on any atom is -0.355 e. The van der Waals surface area contributed by atoms with Crippen molar-refractivity contribution in [2.24, 2.45) is 0 Å². The molecule has 1 heterocycles. The average Bonchev–Trinajstić information content (AvgIpc) is 3.00. The molecule has 0 unspecified atom stereocenters. The lowest BCUT2D eigenvalue weighted by Crippen LogP contribution is -2.41. The first-order valence-corrected chi connectivity index (χ1v) is 12.1. The van der Waals surface area contributed by atoms with Gasteiger partial charge >= 0.3 is 0 Å². The standard InChI is InChI=1S/C21H33N3O3S/c25-21-13-17-24(28(26,27)20-11-6-3-7-12-20)16-8-15-23(18-14-22-21)19-9-4-1-2-5-10-19/h3,6-7,11-12,19H,1-2,4-5,8-10,13-18H2,(H,22,25). The number of carbonyl (C=O) groups excluding carboxylic acids is 1. The van der Waals surface area contributed by atoms with Crippen LogP contribution in [0, 0.1) is 0 Å². The summed E-state index contributed by atoms with van der Waals surface area (Å²) in [5.74, 6) is -0.0732. The van der Waals surface area contributed by atoms with Gasteiger partial charge in [-0.25, -0.2) is 8.42 Å². The Bertz CT molecular complexity index is 716. The summed E-state index contributed by atoms with van der Waals surface area (Å²) < 4.78 is 27.6. The first-order chi connectivity index (χ1) is 13.6. The predicted molar refractivity (Wildman–Crippen MR) is 111 cm³/mol. The number of rotatable bonds is 3. The van der Waals surface area contributed by atoms with E-state index in [1.165, 1.54) is 42.8 Å². The van der Waals surface area contributed by atoms with Gasteiger partial charge in [0.05, 0.1) is 4.90 Å². The fraction of sp³-hybridized carbons (Fsp3) is 0.667. The molecule has 156 valence electrons. The Hall–Kier alpha value is -1.44. The Labute approximate surface area is 169 Å². The number of carbonyl (C=O) groups is 1. The summed E-state index contributed by atoms with van der Waals surface area (Å²) in [7, 11) is -3.58. The van der Waals surface area contributed by atoms with Crippen LogP contribution in [-0.4, -0.2) is 62.3 Å². The molecule has 7 heteroatoms. The van der Waals surface area contributed by atoms with Crippen LogP contribution in [0.25, 0.3) is 0 Å². The Morgan fingerprint density at radius 2 is 1.57 bits per heavy atom. The van der Waals surface area contributed by atoms with Crippen LogP contribution in [0.4, 0.5) is 0 Å². The van der Waals surface area contributed by atoms with E-state index in [9.17, 15) is 13.2 Å². The molecule has 1 N–H and O–H groups in total. The van der Waals surface area contributed by atoms with Crippen molar-refractivity contribution < 1.29 is 13.2 Å². The van der Waals surface area contributed by atoms with Gasteiger partial charge < -0.3 is 5.32 Å². The van der Waals surface area contributed by atoms with E-state index in [0.717, 1.165) is 19.5 Å². The maximum absolute atomic E-state index is 13.1. The number of nitrogens with zero attached hydrogens (tertiary/aromatic N) is 2. The molecule has 2 aliphatic rings. The third-order valence-corrected chi connectivity index (χ3v) is 7.80. The van der Waals surface area contributed by atoms with Crippen LogP contribution in [0.5, 0.6) is 0 Å². The maximum atomic E-state index is 13.1. The lowest BCUT2D eigenvalue weighted by Gasteiger charge is -2.31.